The SMILES string of the molecule is CCN(CC)S(=O)(=O)c1ccc(N2CCC(C)C2C)c([N+](=O)[O-])c1. The van der Waals surface area contributed by atoms with Gasteiger partial charge in [-0.15, -0.1) is 0 Å². The summed E-state index contributed by atoms with van der Waals surface area (Å²) in [7, 11) is -3.71. The van der Waals surface area contributed by atoms with Crippen molar-refractivity contribution >= 4 is 21.4 Å². The predicted octanol–water partition coefficient (Wildman–Crippen LogP) is 2.86. The molecule has 1 aromatic rings. The maximum Gasteiger partial charge on any atom is 0.293 e. The predicted molar refractivity (Wildman–Crippen MR) is 93.8 cm³/mol. The van der Waals surface area contributed by atoms with Crippen molar-refractivity contribution in [2.24, 2.45) is 5.92 Å². The molecule has 2 unspecified atom stereocenters. The van der Waals surface area contributed by atoms with E-state index in [1.807, 2.05) is 11.8 Å². The number of nitro benzene ring substituents is 1. The molecule has 0 aromatic heterocycles. The average molecular weight is 355 g/mol. The molecule has 1 aromatic carbocycles. The number of sulfonamides is 1. The summed E-state index contributed by atoms with van der Waals surface area (Å²) in [5, 5.41) is 11.5. The Labute approximate surface area is 143 Å². The maximum absolute atomic E-state index is 12.6. The molecule has 24 heavy (non-hydrogen) atoms. The zero-order valence-corrected chi connectivity index (χ0v) is 15.4. The monoisotopic (exact) mass is 355 g/mol. The van der Waals surface area contributed by atoms with Crippen molar-refractivity contribution in [3.8, 4) is 0 Å². The van der Waals surface area contributed by atoms with E-state index in [0.29, 0.717) is 24.7 Å². The number of hydrogen-bond donors (Lipinski definition) is 0. The van der Waals surface area contributed by atoms with Gasteiger partial charge in [0.1, 0.15) is 5.69 Å². The summed E-state index contributed by atoms with van der Waals surface area (Å²) in [6, 6.07) is 4.43. The van der Waals surface area contributed by atoms with Crippen LogP contribution in [0.15, 0.2) is 23.1 Å². The minimum absolute atomic E-state index is 0.0263. The van der Waals surface area contributed by atoms with Crippen LogP contribution < -0.4 is 4.90 Å². The highest BCUT2D eigenvalue weighted by atomic mass is 32.2. The zero-order valence-electron chi connectivity index (χ0n) is 14.6. The van der Waals surface area contributed by atoms with Crippen LogP contribution in [0.5, 0.6) is 0 Å². The van der Waals surface area contributed by atoms with E-state index in [1.165, 1.54) is 16.4 Å². The molecule has 1 aliphatic rings. The topological polar surface area (TPSA) is 83.8 Å². The lowest BCUT2D eigenvalue weighted by Crippen LogP contribution is -2.31. The Bertz CT molecular complexity index is 716. The lowest BCUT2D eigenvalue weighted by Gasteiger charge is -2.26. The summed E-state index contributed by atoms with van der Waals surface area (Å²) < 4.78 is 26.5. The van der Waals surface area contributed by atoms with Crippen molar-refractivity contribution in [1.82, 2.24) is 4.31 Å². The third-order valence-electron chi connectivity index (χ3n) is 4.94. The van der Waals surface area contributed by atoms with Crippen LogP contribution in [0.25, 0.3) is 0 Å². The fraction of sp³-hybridized carbons (Fsp3) is 0.625. The third kappa shape index (κ3) is 3.25. The molecule has 0 amide bonds. The van der Waals surface area contributed by atoms with Gasteiger partial charge < -0.3 is 4.90 Å². The second kappa shape index (κ2) is 7.06. The molecule has 1 aliphatic heterocycles. The second-order valence-electron chi connectivity index (χ2n) is 6.20. The van der Waals surface area contributed by atoms with E-state index >= 15 is 0 Å². The smallest absolute Gasteiger partial charge is 0.293 e. The molecule has 2 rings (SSSR count). The molecule has 0 bridgehead atoms. The summed E-state index contributed by atoms with van der Waals surface area (Å²) in [5.74, 6) is 0.448. The van der Waals surface area contributed by atoms with Crippen molar-refractivity contribution < 1.29 is 13.3 Å². The van der Waals surface area contributed by atoms with Gasteiger partial charge in [0.25, 0.3) is 5.69 Å². The second-order valence-corrected chi connectivity index (χ2v) is 8.13. The number of benzene rings is 1. The van der Waals surface area contributed by atoms with Gasteiger partial charge in [-0.3, -0.25) is 10.1 Å². The van der Waals surface area contributed by atoms with Crippen LogP contribution in [-0.2, 0) is 10.0 Å². The maximum atomic E-state index is 12.6. The van der Waals surface area contributed by atoms with E-state index < -0.39 is 14.9 Å². The summed E-state index contributed by atoms with van der Waals surface area (Å²) in [6.07, 6.45) is 0.970. The van der Waals surface area contributed by atoms with Crippen molar-refractivity contribution in [3.63, 3.8) is 0 Å². The van der Waals surface area contributed by atoms with Gasteiger partial charge >= 0.3 is 0 Å². The molecule has 1 heterocycles. The molecule has 134 valence electrons. The van der Waals surface area contributed by atoms with E-state index in [1.54, 1.807) is 19.9 Å². The first-order chi connectivity index (χ1) is 11.2. The summed E-state index contributed by atoms with van der Waals surface area (Å²) >= 11 is 0. The lowest BCUT2D eigenvalue weighted by molar-refractivity contribution is -0.384. The van der Waals surface area contributed by atoms with Gasteiger partial charge in [-0.05, 0) is 31.4 Å². The molecule has 0 aliphatic carbocycles. The van der Waals surface area contributed by atoms with Gasteiger partial charge in [0.2, 0.25) is 10.0 Å². The molecular weight excluding hydrogens is 330 g/mol. The minimum atomic E-state index is -3.71. The standard InChI is InChI=1S/C16H25N3O4S/c1-5-17(6-2)24(22,23)14-7-8-15(16(11-14)19(20)21)18-10-9-12(3)13(18)4/h7-8,11-13H,5-6,9-10H2,1-4H3. The van der Waals surface area contributed by atoms with Crippen LogP contribution in [0.1, 0.15) is 34.1 Å². The van der Waals surface area contributed by atoms with Gasteiger partial charge in [-0.2, -0.15) is 4.31 Å². The van der Waals surface area contributed by atoms with Gasteiger partial charge in [0.05, 0.1) is 9.82 Å². The Hall–Kier alpha value is -1.67. The summed E-state index contributed by atoms with van der Waals surface area (Å²) in [4.78, 5) is 13.0. The van der Waals surface area contributed by atoms with E-state index in [2.05, 4.69) is 6.92 Å². The highest BCUT2D eigenvalue weighted by molar-refractivity contribution is 7.89. The quantitative estimate of drug-likeness (QED) is 0.579. The molecule has 1 fully saturated rings. The van der Waals surface area contributed by atoms with E-state index in [0.717, 1.165) is 13.0 Å². The Morgan fingerprint density at radius 3 is 2.38 bits per heavy atom. The van der Waals surface area contributed by atoms with Crippen molar-refractivity contribution in [2.75, 3.05) is 24.5 Å². The molecule has 0 saturated carbocycles. The molecule has 0 spiro atoms. The van der Waals surface area contributed by atoms with Crippen molar-refractivity contribution in [1.29, 1.82) is 0 Å². The normalized spacial score (nSPS) is 21.5. The summed E-state index contributed by atoms with van der Waals surface area (Å²) in [6.45, 7) is 9.06. The van der Waals surface area contributed by atoms with E-state index in [4.69, 9.17) is 0 Å². The van der Waals surface area contributed by atoms with E-state index in [-0.39, 0.29) is 16.6 Å². The Morgan fingerprint density at radius 2 is 1.92 bits per heavy atom. The average Bonchev–Trinajstić information content (AvgIpc) is 2.87. The molecule has 2 atom stereocenters. The number of anilines is 1. The highest BCUT2D eigenvalue weighted by Crippen LogP contribution is 2.37. The molecule has 8 heteroatoms. The Morgan fingerprint density at radius 1 is 1.29 bits per heavy atom. The largest absolute Gasteiger partial charge is 0.363 e. The first-order valence-corrected chi connectivity index (χ1v) is 9.73. The van der Waals surface area contributed by atoms with Gasteiger partial charge in [0.15, 0.2) is 0 Å². The van der Waals surface area contributed by atoms with Gasteiger partial charge in [-0.1, -0.05) is 20.8 Å². The minimum Gasteiger partial charge on any atom is -0.363 e. The Kier molecular flexibility index (Phi) is 5.49. The first kappa shape index (κ1) is 18.7. The van der Waals surface area contributed by atoms with Gasteiger partial charge in [-0.25, -0.2) is 8.42 Å². The number of hydrogen-bond acceptors (Lipinski definition) is 5. The van der Waals surface area contributed by atoms with Crippen LogP contribution in [0.4, 0.5) is 11.4 Å². The Balaban J connectivity index is 2.50. The van der Waals surface area contributed by atoms with Crippen LogP contribution >= 0.6 is 0 Å². The summed E-state index contributed by atoms with van der Waals surface area (Å²) in [5.41, 5.74) is 0.347. The van der Waals surface area contributed by atoms with E-state index in [9.17, 15) is 18.5 Å². The number of rotatable bonds is 6. The van der Waals surface area contributed by atoms with Crippen LogP contribution in [0.2, 0.25) is 0 Å². The lowest BCUT2D eigenvalue weighted by atomic mass is 10.0. The molecule has 7 nitrogen and oxygen atoms in total. The fourth-order valence-corrected chi connectivity index (χ4v) is 4.68. The first-order valence-electron chi connectivity index (χ1n) is 8.29. The zero-order chi connectivity index (χ0) is 18.1. The molecular formula is C16H25N3O4S. The highest BCUT2D eigenvalue weighted by Gasteiger charge is 2.33. The molecule has 0 radical (unpaired) electrons. The van der Waals surface area contributed by atoms with Crippen molar-refractivity contribution in [2.45, 2.75) is 45.1 Å². The van der Waals surface area contributed by atoms with Crippen molar-refractivity contribution in [3.05, 3.63) is 28.3 Å². The van der Waals surface area contributed by atoms with Crippen LogP contribution in [0, 0.1) is 16.0 Å². The fourth-order valence-electron chi connectivity index (χ4n) is 3.20. The molecule has 1 saturated heterocycles. The van der Waals surface area contributed by atoms with Crippen LogP contribution in [0.3, 0.4) is 0 Å². The van der Waals surface area contributed by atoms with Gasteiger partial charge in [0, 0.05) is 31.7 Å². The molecule has 0 N–H and O–H groups in total. The third-order valence-corrected chi connectivity index (χ3v) is 6.98. The number of nitrogens with zero attached hydrogens (tertiary/aromatic N) is 3. The number of nitro groups is 1. The van der Waals surface area contributed by atoms with Crippen LogP contribution in [-0.4, -0.2) is 43.3 Å².